The average molecular weight is 260 g/mol. The highest BCUT2D eigenvalue weighted by molar-refractivity contribution is 5.76. The molecule has 0 aliphatic carbocycles. The molecule has 1 N–H and O–H groups in total. The van der Waals surface area contributed by atoms with Crippen LogP contribution in [0, 0.1) is 0 Å². The Bertz CT molecular complexity index is 372. The zero-order chi connectivity index (χ0) is 13.3. The Kier molecular flexibility index (Phi) is 5.89. The zero-order valence-corrected chi connectivity index (χ0v) is 11.6. The molecule has 1 aliphatic heterocycles. The second kappa shape index (κ2) is 7.95. The van der Waals surface area contributed by atoms with E-state index in [0.717, 1.165) is 32.6 Å². The predicted octanol–water partition coefficient (Wildman–Crippen LogP) is 2.22. The van der Waals surface area contributed by atoms with E-state index in [-0.39, 0.29) is 5.91 Å². The summed E-state index contributed by atoms with van der Waals surface area (Å²) < 4.78 is 0. The van der Waals surface area contributed by atoms with Crippen molar-refractivity contribution in [3.05, 3.63) is 35.9 Å². The Balaban J connectivity index is 1.57. The minimum absolute atomic E-state index is 0.182. The molecule has 1 saturated heterocycles. The third kappa shape index (κ3) is 5.43. The lowest BCUT2D eigenvalue weighted by molar-refractivity contribution is -0.121. The molecule has 0 spiro atoms. The minimum atomic E-state index is 0.182. The van der Waals surface area contributed by atoms with Crippen LogP contribution in [0.4, 0.5) is 0 Å². The maximum Gasteiger partial charge on any atom is 0.221 e. The summed E-state index contributed by atoms with van der Waals surface area (Å²) in [6.07, 6.45) is 5.47. The number of likely N-dealkylation sites (tertiary alicyclic amines) is 1. The first-order valence-corrected chi connectivity index (χ1v) is 7.37. The van der Waals surface area contributed by atoms with Gasteiger partial charge in [-0.25, -0.2) is 0 Å². The fourth-order valence-electron chi connectivity index (χ4n) is 2.52. The van der Waals surface area contributed by atoms with Crippen LogP contribution < -0.4 is 5.32 Å². The van der Waals surface area contributed by atoms with E-state index in [2.05, 4.69) is 22.3 Å². The third-order valence-electron chi connectivity index (χ3n) is 3.68. The molecule has 0 saturated carbocycles. The van der Waals surface area contributed by atoms with Crippen LogP contribution in [-0.4, -0.2) is 37.0 Å². The largest absolute Gasteiger partial charge is 0.356 e. The summed E-state index contributed by atoms with van der Waals surface area (Å²) in [6, 6.07) is 10.3. The van der Waals surface area contributed by atoms with Gasteiger partial charge in [-0.3, -0.25) is 4.79 Å². The van der Waals surface area contributed by atoms with E-state index in [1.807, 2.05) is 18.2 Å². The van der Waals surface area contributed by atoms with E-state index >= 15 is 0 Å². The van der Waals surface area contributed by atoms with Crippen molar-refractivity contribution < 1.29 is 4.79 Å². The van der Waals surface area contributed by atoms with Crippen LogP contribution in [0.5, 0.6) is 0 Å². The molecule has 1 aromatic rings. The number of nitrogens with zero attached hydrogens (tertiary/aromatic N) is 1. The SMILES string of the molecule is O=C(CCN1CCCCC1)NCCc1ccccc1. The second-order valence-electron chi connectivity index (χ2n) is 5.24. The first-order valence-electron chi connectivity index (χ1n) is 7.37. The van der Waals surface area contributed by atoms with Gasteiger partial charge in [0.15, 0.2) is 0 Å². The Morgan fingerprint density at radius 3 is 2.58 bits per heavy atom. The van der Waals surface area contributed by atoms with Gasteiger partial charge in [-0.05, 0) is 37.9 Å². The quantitative estimate of drug-likeness (QED) is 0.850. The Labute approximate surface area is 116 Å². The molecule has 1 fully saturated rings. The topological polar surface area (TPSA) is 32.3 Å². The first kappa shape index (κ1) is 14.1. The van der Waals surface area contributed by atoms with Crippen molar-refractivity contribution >= 4 is 5.91 Å². The molecule has 1 heterocycles. The van der Waals surface area contributed by atoms with Gasteiger partial charge in [0.2, 0.25) is 5.91 Å². The van der Waals surface area contributed by atoms with Gasteiger partial charge >= 0.3 is 0 Å². The smallest absolute Gasteiger partial charge is 0.221 e. The fourth-order valence-corrected chi connectivity index (χ4v) is 2.52. The Hall–Kier alpha value is -1.35. The summed E-state index contributed by atoms with van der Waals surface area (Å²) in [5.41, 5.74) is 1.28. The predicted molar refractivity (Wildman–Crippen MR) is 78.1 cm³/mol. The monoisotopic (exact) mass is 260 g/mol. The maximum atomic E-state index is 11.7. The number of hydrogen-bond acceptors (Lipinski definition) is 2. The fraction of sp³-hybridized carbons (Fsp3) is 0.562. The molecule has 1 amide bonds. The lowest BCUT2D eigenvalue weighted by Gasteiger charge is -2.25. The summed E-state index contributed by atoms with van der Waals surface area (Å²) >= 11 is 0. The molecule has 104 valence electrons. The standard InChI is InChI=1S/C16H24N2O/c19-16(10-14-18-12-5-2-6-13-18)17-11-9-15-7-3-1-4-8-15/h1,3-4,7-8H,2,5-6,9-14H2,(H,17,19). The highest BCUT2D eigenvalue weighted by atomic mass is 16.1. The highest BCUT2D eigenvalue weighted by Gasteiger charge is 2.11. The summed E-state index contributed by atoms with van der Waals surface area (Å²) in [5.74, 6) is 0.182. The lowest BCUT2D eigenvalue weighted by atomic mass is 10.1. The molecular formula is C16H24N2O. The van der Waals surface area contributed by atoms with Crippen molar-refractivity contribution in [2.75, 3.05) is 26.2 Å². The van der Waals surface area contributed by atoms with Gasteiger partial charge in [0, 0.05) is 19.5 Å². The van der Waals surface area contributed by atoms with Crippen molar-refractivity contribution in [1.29, 1.82) is 0 Å². The number of carbonyl (C=O) groups is 1. The minimum Gasteiger partial charge on any atom is -0.356 e. The van der Waals surface area contributed by atoms with E-state index in [1.54, 1.807) is 0 Å². The Morgan fingerprint density at radius 2 is 1.84 bits per heavy atom. The molecule has 0 atom stereocenters. The van der Waals surface area contributed by atoms with Crippen LogP contribution in [0.3, 0.4) is 0 Å². The van der Waals surface area contributed by atoms with Crippen LogP contribution in [0.2, 0.25) is 0 Å². The van der Waals surface area contributed by atoms with Crippen molar-refractivity contribution in [1.82, 2.24) is 10.2 Å². The first-order chi connectivity index (χ1) is 9.34. The van der Waals surface area contributed by atoms with Gasteiger partial charge in [-0.15, -0.1) is 0 Å². The van der Waals surface area contributed by atoms with Crippen molar-refractivity contribution in [2.24, 2.45) is 0 Å². The second-order valence-corrected chi connectivity index (χ2v) is 5.24. The van der Waals surface area contributed by atoms with Crippen LogP contribution in [0.15, 0.2) is 30.3 Å². The number of carbonyl (C=O) groups excluding carboxylic acids is 1. The molecule has 3 nitrogen and oxygen atoms in total. The molecule has 0 radical (unpaired) electrons. The van der Waals surface area contributed by atoms with Gasteiger partial charge in [0.05, 0.1) is 0 Å². The van der Waals surface area contributed by atoms with Gasteiger partial charge in [0.25, 0.3) is 0 Å². The summed E-state index contributed by atoms with van der Waals surface area (Å²) in [4.78, 5) is 14.1. The molecular weight excluding hydrogens is 236 g/mol. The molecule has 2 rings (SSSR count). The van der Waals surface area contributed by atoms with Crippen molar-refractivity contribution in [3.8, 4) is 0 Å². The normalized spacial score (nSPS) is 16.2. The number of amides is 1. The molecule has 3 heteroatoms. The number of piperidine rings is 1. The summed E-state index contributed by atoms with van der Waals surface area (Å²) in [6.45, 7) is 3.98. The van der Waals surface area contributed by atoms with Crippen LogP contribution in [0.25, 0.3) is 0 Å². The molecule has 0 aromatic heterocycles. The van der Waals surface area contributed by atoms with Crippen LogP contribution in [0.1, 0.15) is 31.2 Å². The van der Waals surface area contributed by atoms with Crippen molar-refractivity contribution in [3.63, 3.8) is 0 Å². The molecule has 1 aliphatic rings. The number of rotatable bonds is 6. The zero-order valence-electron chi connectivity index (χ0n) is 11.6. The number of nitrogens with one attached hydrogen (secondary N) is 1. The van der Waals surface area contributed by atoms with Crippen LogP contribution in [-0.2, 0) is 11.2 Å². The van der Waals surface area contributed by atoms with Gasteiger partial charge < -0.3 is 10.2 Å². The third-order valence-corrected chi connectivity index (χ3v) is 3.68. The maximum absolute atomic E-state index is 11.7. The van der Waals surface area contributed by atoms with Crippen molar-refractivity contribution in [2.45, 2.75) is 32.1 Å². The van der Waals surface area contributed by atoms with E-state index in [9.17, 15) is 4.79 Å². The average Bonchev–Trinajstić information content (AvgIpc) is 2.47. The van der Waals surface area contributed by atoms with E-state index in [0.29, 0.717) is 6.42 Å². The molecule has 0 bridgehead atoms. The summed E-state index contributed by atoms with van der Waals surface area (Å²) in [7, 11) is 0. The van der Waals surface area contributed by atoms with E-state index < -0.39 is 0 Å². The number of hydrogen-bond donors (Lipinski definition) is 1. The van der Waals surface area contributed by atoms with E-state index in [1.165, 1.54) is 24.8 Å². The number of benzene rings is 1. The molecule has 19 heavy (non-hydrogen) atoms. The van der Waals surface area contributed by atoms with Gasteiger partial charge in [0.1, 0.15) is 0 Å². The summed E-state index contributed by atoms with van der Waals surface area (Å²) in [5, 5.41) is 3.01. The van der Waals surface area contributed by atoms with E-state index in [4.69, 9.17) is 0 Å². The molecule has 1 aromatic carbocycles. The lowest BCUT2D eigenvalue weighted by Crippen LogP contribution is -2.34. The molecule has 0 unspecified atom stereocenters. The van der Waals surface area contributed by atoms with Crippen LogP contribution >= 0.6 is 0 Å². The Morgan fingerprint density at radius 1 is 1.11 bits per heavy atom. The van der Waals surface area contributed by atoms with Gasteiger partial charge in [-0.2, -0.15) is 0 Å². The highest BCUT2D eigenvalue weighted by Crippen LogP contribution is 2.08. The van der Waals surface area contributed by atoms with Gasteiger partial charge in [-0.1, -0.05) is 36.8 Å².